The molecule has 1 aliphatic rings. The van der Waals surface area contributed by atoms with Crippen LogP contribution in [0.2, 0.25) is 0 Å². The van der Waals surface area contributed by atoms with E-state index in [1.54, 1.807) is 12.1 Å². The summed E-state index contributed by atoms with van der Waals surface area (Å²) in [4.78, 5) is 11.8. The molecule has 0 bridgehead atoms. The van der Waals surface area contributed by atoms with Gasteiger partial charge >= 0.3 is 0 Å². The molecule has 6 heteroatoms. The molecule has 0 spiro atoms. The Labute approximate surface area is 141 Å². The number of alkyl halides is 1. The Morgan fingerprint density at radius 2 is 1.91 bits per heavy atom. The van der Waals surface area contributed by atoms with Crippen molar-refractivity contribution in [3.05, 3.63) is 29.8 Å². The van der Waals surface area contributed by atoms with Gasteiger partial charge < -0.3 is 0 Å². The minimum absolute atomic E-state index is 0.132. The standard InChI is InChI=1S/C16H22BrNO3S/c1-3-18(11-13-6-9-16(19)15(17)10-13)22(20,21)14-7-4-12(2)5-8-14/h4-5,7-8,13,15H,3,6,9-11H2,1-2H3. The molecule has 2 atom stereocenters. The molecule has 0 aromatic heterocycles. The number of carbonyl (C=O) groups is 1. The topological polar surface area (TPSA) is 54.5 Å². The minimum atomic E-state index is -3.47. The number of hydrogen-bond donors (Lipinski definition) is 0. The van der Waals surface area contributed by atoms with Gasteiger partial charge in [0.05, 0.1) is 9.72 Å². The summed E-state index contributed by atoms with van der Waals surface area (Å²) >= 11 is 3.39. The molecule has 122 valence electrons. The van der Waals surface area contributed by atoms with Crippen LogP contribution in [0.3, 0.4) is 0 Å². The minimum Gasteiger partial charge on any atom is -0.298 e. The third kappa shape index (κ3) is 3.97. The van der Waals surface area contributed by atoms with Crippen molar-refractivity contribution in [2.24, 2.45) is 5.92 Å². The summed E-state index contributed by atoms with van der Waals surface area (Å²) in [7, 11) is -3.47. The summed E-state index contributed by atoms with van der Waals surface area (Å²) < 4.78 is 27.0. The summed E-state index contributed by atoms with van der Waals surface area (Å²) in [6, 6.07) is 6.94. The van der Waals surface area contributed by atoms with E-state index in [9.17, 15) is 13.2 Å². The first kappa shape index (κ1) is 17.6. The molecule has 0 saturated heterocycles. The molecule has 2 unspecified atom stereocenters. The van der Waals surface area contributed by atoms with E-state index in [-0.39, 0.29) is 16.5 Å². The fourth-order valence-corrected chi connectivity index (χ4v) is 5.04. The van der Waals surface area contributed by atoms with Crippen LogP contribution < -0.4 is 0 Å². The summed E-state index contributed by atoms with van der Waals surface area (Å²) in [6.07, 6.45) is 2.00. The summed E-state index contributed by atoms with van der Waals surface area (Å²) in [6.45, 7) is 4.70. The van der Waals surface area contributed by atoms with Crippen molar-refractivity contribution in [3.63, 3.8) is 0 Å². The van der Waals surface area contributed by atoms with Gasteiger partial charge in [0.25, 0.3) is 0 Å². The highest BCUT2D eigenvalue weighted by Gasteiger charge is 2.31. The molecular weight excluding hydrogens is 366 g/mol. The summed E-state index contributed by atoms with van der Waals surface area (Å²) in [5, 5.41) is 0. The lowest BCUT2D eigenvalue weighted by atomic mass is 9.88. The number of nitrogens with zero attached hydrogens (tertiary/aromatic N) is 1. The Bertz CT molecular complexity index is 627. The van der Waals surface area contributed by atoms with Crippen molar-refractivity contribution >= 4 is 31.7 Å². The molecule has 2 rings (SSSR count). The predicted molar refractivity (Wildman–Crippen MR) is 90.7 cm³/mol. The molecular formula is C16H22BrNO3S. The lowest BCUT2D eigenvalue weighted by Gasteiger charge is -2.30. The number of aryl methyl sites for hydroxylation is 1. The highest BCUT2D eigenvalue weighted by molar-refractivity contribution is 9.10. The highest BCUT2D eigenvalue weighted by atomic mass is 79.9. The Morgan fingerprint density at radius 1 is 1.27 bits per heavy atom. The fourth-order valence-electron chi connectivity index (χ4n) is 2.76. The maximum absolute atomic E-state index is 12.7. The number of rotatable bonds is 5. The molecule has 1 aromatic rings. The number of sulfonamides is 1. The van der Waals surface area contributed by atoms with E-state index in [1.165, 1.54) is 4.31 Å². The maximum Gasteiger partial charge on any atom is 0.243 e. The van der Waals surface area contributed by atoms with E-state index in [4.69, 9.17) is 0 Å². The van der Waals surface area contributed by atoms with Crippen LogP contribution in [0.1, 0.15) is 31.7 Å². The second-order valence-corrected chi connectivity index (χ2v) is 8.89. The third-order valence-electron chi connectivity index (χ3n) is 4.16. The van der Waals surface area contributed by atoms with E-state index in [0.717, 1.165) is 12.0 Å². The fraction of sp³-hybridized carbons (Fsp3) is 0.562. The Hall–Kier alpha value is -0.720. The average Bonchev–Trinajstić information content (AvgIpc) is 2.48. The van der Waals surface area contributed by atoms with Crippen LogP contribution in [0.15, 0.2) is 29.2 Å². The van der Waals surface area contributed by atoms with Gasteiger partial charge in [0, 0.05) is 19.5 Å². The van der Waals surface area contributed by atoms with Crippen molar-refractivity contribution in [1.29, 1.82) is 0 Å². The Morgan fingerprint density at radius 3 is 2.45 bits per heavy atom. The molecule has 0 N–H and O–H groups in total. The van der Waals surface area contributed by atoms with Crippen molar-refractivity contribution < 1.29 is 13.2 Å². The molecule has 1 saturated carbocycles. The zero-order valence-electron chi connectivity index (χ0n) is 13.0. The second-order valence-electron chi connectivity index (χ2n) is 5.84. The first-order chi connectivity index (χ1) is 10.3. The van der Waals surface area contributed by atoms with Gasteiger partial charge in [0.15, 0.2) is 0 Å². The molecule has 1 aliphatic carbocycles. The van der Waals surface area contributed by atoms with Crippen LogP contribution >= 0.6 is 15.9 Å². The average molecular weight is 388 g/mol. The van der Waals surface area contributed by atoms with Crippen LogP contribution in [0.25, 0.3) is 0 Å². The molecule has 0 radical (unpaired) electrons. The maximum atomic E-state index is 12.7. The third-order valence-corrected chi connectivity index (χ3v) is 7.00. The SMILES string of the molecule is CCN(CC1CCC(=O)C(Br)C1)S(=O)(=O)c1ccc(C)cc1. The van der Waals surface area contributed by atoms with Crippen LogP contribution in [0.5, 0.6) is 0 Å². The second kappa shape index (κ2) is 7.23. The van der Waals surface area contributed by atoms with Gasteiger partial charge in [0.2, 0.25) is 10.0 Å². The van der Waals surface area contributed by atoms with Crippen LogP contribution in [-0.2, 0) is 14.8 Å². The van der Waals surface area contributed by atoms with Crippen LogP contribution in [0.4, 0.5) is 0 Å². The molecule has 0 amide bonds. The van der Waals surface area contributed by atoms with Gasteiger partial charge in [-0.15, -0.1) is 0 Å². The van der Waals surface area contributed by atoms with Crippen molar-refractivity contribution in [3.8, 4) is 0 Å². The van der Waals surface area contributed by atoms with Gasteiger partial charge in [-0.25, -0.2) is 8.42 Å². The van der Waals surface area contributed by atoms with Crippen LogP contribution in [0, 0.1) is 12.8 Å². The van der Waals surface area contributed by atoms with E-state index < -0.39 is 10.0 Å². The molecule has 0 aliphatic heterocycles. The number of Topliss-reactive ketones (excluding diaryl/α,β-unsaturated/α-hetero) is 1. The number of carbonyl (C=O) groups excluding carboxylic acids is 1. The Kier molecular flexibility index (Phi) is 5.80. The van der Waals surface area contributed by atoms with E-state index in [2.05, 4.69) is 15.9 Å². The molecule has 1 aromatic carbocycles. The van der Waals surface area contributed by atoms with Gasteiger partial charge in [-0.2, -0.15) is 4.31 Å². The van der Waals surface area contributed by atoms with Gasteiger partial charge in [-0.3, -0.25) is 4.79 Å². The molecule has 4 nitrogen and oxygen atoms in total. The largest absolute Gasteiger partial charge is 0.298 e. The van der Waals surface area contributed by atoms with Gasteiger partial charge in [-0.05, 0) is 37.8 Å². The number of ketones is 1. The normalized spacial score (nSPS) is 23.0. The monoisotopic (exact) mass is 387 g/mol. The smallest absolute Gasteiger partial charge is 0.243 e. The van der Waals surface area contributed by atoms with Gasteiger partial charge in [-0.1, -0.05) is 40.5 Å². The predicted octanol–water partition coefficient (Wildman–Crippen LogP) is 3.14. The number of hydrogen-bond acceptors (Lipinski definition) is 3. The van der Waals surface area contributed by atoms with E-state index >= 15 is 0 Å². The quantitative estimate of drug-likeness (QED) is 0.729. The molecule has 1 fully saturated rings. The number of benzene rings is 1. The van der Waals surface area contributed by atoms with E-state index in [0.29, 0.717) is 30.8 Å². The first-order valence-corrected chi connectivity index (χ1v) is 9.93. The first-order valence-electron chi connectivity index (χ1n) is 7.58. The van der Waals surface area contributed by atoms with E-state index in [1.807, 2.05) is 26.0 Å². The molecule has 22 heavy (non-hydrogen) atoms. The van der Waals surface area contributed by atoms with Gasteiger partial charge in [0.1, 0.15) is 5.78 Å². The van der Waals surface area contributed by atoms with Crippen molar-refractivity contribution in [1.82, 2.24) is 4.31 Å². The van der Waals surface area contributed by atoms with Crippen molar-refractivity contribution in [2.75, 3.05) is 13.1 Å². The summed E-state index contributed by atoms with van der Waals surface area (Å²) in [5.41, 5.74) is 1.04. The summed E-state index contributed by atoms with van der Waals surface area (Å²) in [5.74, 6) is 0.447. The van der Waals surface area contributed by atoms with Crippen molar-refractivity contribution in [2.45, 2.75) is 42.8 Å². The van der Waals surface area contributed by atoms with Crippen LogP contribution in [-0.4, -0.2) is 36.4 Å². The lowest BCUT2D eigenvalue weighted by molar-refractivity contribution is -0.120. The molecule has 0 heterocycles. The zero-order valence-corrected chi connectivity index (χ0v) is 15.4. The number of halogens is 1. The highest BCUT2D eigenvalue weighted by Crippen LogP contribution is 2.29. The zero-order chi connectivity index (χ0) is 16.3. The lowest BCUT2D eigenvalue weighted by Crippen LogP contribution is -2.38. The Balaban J connectivity index is 2.13.